The average molecular weight is 309 g/mol. The van der Waals surface area contributed by atoms with Crippen LogP contribution in [0.5, 0.6) is 0 Å². The molecule has 0 spiro atoms. The van der Waals surface area contributed by atoms with Crippen molar-refractivity contribution in [1.82, 2.24) is 0 Å². The third kappa shape index (κ3) is 4.17. The standard InChI is InChI=1S/C12H23BClFO3Si/c1-12(2,3)19(4,5)17-6-8-10(16-7-14)9(15)11(13)18-8/h8-11H,6-7H2,1-5H3/t8-,9?,10?,11-/m1/s1. The fraction of sp³-hybridized carbons (Fsp3) is 1.00. The minimum Gasteiger partial charge on any atom is -0.414 e. The molecule has 0 aromatic carbocycles. The molecule has 0 bridgehead atoms. The van der Waals surface area contributed by atoms with Crippen molar-refractivity contribution in [2.75, 3.05) is 12.7 Å². The van der Waals surface area contributed by atoms with Crippen molar-refractivity contribution in [3.8, 4) is 0 Å². The van der Waals surface area contributed by atoms with E-state index in [4.69, 9.17) is 33.3 Å². The summed E-state index contributed by atoms with van der Waals surface area (Å²) in [6.07, 6.45) is -2.62. The van der Waals surface area contributed by atoms with Gasteiger partial charge in [-0.3, -0.25) is 0 Å². The number of halogens is 2. The minimum atomic E-state index is -1.90. The Morgan fingerprint density at radius 3 is 2.42 bits per heavy atom. The second kappa shape index (κ2) is 6.43. The van der Waals surface area contributed by atoms with Gasteiger partial charge in [0.25, 0.3) is 0 Å². The molecule has 0 amide bonds. The first-order valence-electron chi connectivity index (χ1n) is 6.47. The maximum absolute atomic E-state index is 13.8. The number of rotatable bonds is 5. The van der Waals surface area contributed by atoms with Gasteiger partial charge in [0.2, 0.25) is 0 Å². The molecule has 1 saturated heterocycles. The van der Waals surface area contributed by atoms with Gasteiger partial charge in [-0.1, -0.05) is 32.4 Å². The van der Waals surface area contributed by atoms with Gasteiger partial charge < -0.3 is 13.9 Å². The zero-order chi connectivity index (χ0) is 14.8. The van der Waals surface area contributed by atoms with Gasteiger partial charge in [0.15, 0.2) is 8.32 Å². The SMILES string of the molecule is [B][C@@H]1O[C@H](CO[Si](C)(C)C(C)(C)C)C(OCCl)C1F. The largest absolute Gasteiger partial charge is 0.414 e. The summed E-state index contributed by atoms with van der Waals surface area (Å²) in [5.74, 6) is 0. The molecule has 0 aliphatic carbocycles. The molecule has 1 aliphatic rings. The van der Waals surface area contributed by atoms with E-state index in [2.05, 4.69) is 33.9 Å². The van der Waals surface area contributed by atoms with E-state index >= 15 is 0 Å². The van der Waals surface area contributed by atoms with Crippen molar-refractivity contribution in [1.29, 1.82) is 0 Å². The molecular weight excluding hydrogens is 285 g/mol. The first-order chi connectivity index (χ1) is 8.60. The Kier molecular flexibility index (Phi) is 5.90. The van der Waals surface area contributed by atoms with E-state index in [0.717, 1.165) is 0 Å². The predicted molar refractivity (Wildman–Crippen MR) is 78.1 cm³/mol. The highest BCUT2D eigenvalue weighted by atomic mass is 35.5. The summed E-state index contributed by atoms with van der Waals surface area (Å²) < 4.78 is 30.3. The molecular formula is C12H23BClFO3Si. The molecule has 7 heteroatoms. The van der Waals surface area contributed by atoms with Crippen molar-refractivity contribution < 1.29 is 18.3 Å². The van der Waals surface area contributed by atoms with Crippen LogP contribution in [0.3, 0.4) is 0 Å². The summed E-state index contributed by atoms with van der Waals surface area (Å²) in [5, 5.41) is 0.0890. The van der Waals surface area contributed by atoms with Crippen LogP contribution in [-0.4, -0.2) is 53.2 Å². The maximum atomic E-state index is 13.8. The van der Waals surface area contributed by atoms with Crippen molar-refractivity contribution in [3.63, 3.8) is 0 Å². The maximum Gasteiger partial charge on any atom is 0.192 e. The second-order valence-electron chi connectivity index (χ2n) is 6.40. The quantitative estimate of drug-likeness (QED) is 0.577. The van der Waals surface area contributed by atoms with E-state index in [9.17, 15) is 4.39 Å². The molecule has 0 saturated carbocycles. The van der Waals surface area contributed by atoms with E-state index in [0.29, 0.717) is 0 Å². The van der Waals surface area contributed by atoms with Crippen LogP contribution in [0.1, 0.15) is 20.8 Å². The zero-order valence-electron chi connectivity index (χ0n) is 12.3. The lowest BCUT2D eigenvalue weighted by molar-refractivity contribution is -0.0280. The Morgan fingerprint density at radius 1 is 1.37 bits per heavy atom. The normalized spacial score (nSPS) is 32.8. The molecule has 2 unspecified atom stereocenters. The number of hydrogen-bond acceptors (Lipinski definition) is 3. The second-order valence-corrected chi connectivity index (χ2v) is 11.4. The Balaban J connectivity index is 2.61. The molecule has 0 aromatic heterocycles. The van der Waals surface area contributed by atoms with Crippen LogP contribution in [0, 0.1) is 0 Å². The first kappa shape index (κ1) is 17.4. The number of hydrogen-bond donors (Lipinski definition) is 0. The van der Waals surface area contributed by atoms with Gasteiger partial charge in [-0.15, -0.1) is 0 Å². The van der Waals surface area contributed by atoms with E-state index < -0.39 is 32.7 Å². The van der Waals surface area contributed by atoms with Crippen molar-refractivity contribution in [2.24, 2.45) is 0 Å². The van der Waals surface area contributed by atoms with Crippen LogP contribution >= 0.6 is 11.6 Å². The highest BCUT2D eigenvalue weighted by Crippen LogP contribution is 2.37. The Morgan fingerprint density at radius 2 is 1.95 bits per heavy atom. The predicted octanol–water partition coefficient (Wildman–Crippen LogP) is 2.82. The van der Waals surface area contributed by atoms with Crippen LogP contribution in [0.4, 0.5) is 4.39 Å². The molecule has 2 radical (unpaired) electrons. The fourth-order valence-electron chi connectivity index (χ4n) is 1.66. The zero-order valence-corrected chi connectivity index (χ0v) is 14.0. The van der Waals surface area contributed by atoms with E-state index in [1.165, 1.54) is 0 Å². The third-order valence-electron chi connectivity index (χ3n) is 4.00. The summed E-state index contributed by atoms with van der Waals surface area (Å²) in [6, 6.07) is -1.06. The lowest BCUT2D eigenvalue weighted by atomic mass is 9.94. The molecule has 19 heavy (non-hydrogen) atoms. The van der Waals surface area contributed by atoms with Crippen LogP contribution in [-0.2, 0) is 13.9 Å². The van der Waals surface area contributed by atoms with Crippen molar-refractivity contribution in [2.45, 2.75) is 63.3 Å². The Labute approximate surface area is 122 Å². The molecule has 1 aliphatic heterocycles. The molecule has 1 fully saturated rings. The first-order valence-corrected chi connectivity index (χ1v) is 9.91. The van der Waals surface area contributed by atoms with Crippen LogP contribution in [0.15, 0.2) is 0 Å². The van der Waals surface area contributed by atoms with Gasteiger partial charge in [0, 0.05) is 0 Å². The summed E-state index contributed by atoms with van der Waals surface area (Å²) in [5.41, 5.74) is 0. The smallest absolute Gasteiger partial charge is 0.192 e. The molecule has 4 atom stereocenters. The topological polar surface area (TPSA) is 27.7 Å². The number of alkyl halides is 2. The van der Waals surface area contributed by atoms with E-state index in [-0.39, 0.29) is 17.7 Å². The van der Waals surface area contributed by atoms with Crippen LogP contribution in [0.2, 0.25) is 18.1 Å². The van der Waals surface area contributed by atoms with E-state index in [1.807, 2.05) is 0 Å². The van der Waals surface area contributed by atoms with Gasteiger partial charge in [0.05, 0.1) is 12.6 Å². The highest BCUT2D eigenvalue weighted by Gasteiger charge is 2.45. The van der Waals surface area contributed by atoms with Gasteiger partial charge >= 0.3 is 0 Å². The summed E-state index contributed by atoms with van der Waals surface area (Å²) >= 11 is 5.51. The monoisotopic (exact) mass is 308 g/mol. The molecule has 1 heterocycles. The van der Waals surface area contributed by atoms with Gasteiger partial charge in [0.1, 0.15) is 32.3 Å². The average Bonchev–Trinajstić information content (AvgIpc) is 2.53. The van der Waals surface area contributed by atoms with E-state index in [1.54, 1.807) is 0 Å². The molecule has 3 nitrogen and oxygen atoms in total. The van der Waals surface area contributed by atoms with Gasteiger partial charge in [-0.25, -0.2) is 4.39 Å². The van der Waals surface area contributed by atoms with Crippen molar-refractivity contribution in [3.05, 3.63) is 0 Å². The van der Waals surface area contributed by atoms with Gasteiger partial charge in [-0.2, -0.15) is 0 Å². The van der Waals surface area contributed by atoms with Gasteiger partial charge in [-0.05, 0) is 18.1 Å². The minimum absolute atomic E-state index is 0.0856. The number of ether oxygens (including phenoxy) is 2. The summed E-state index contributed by atoms with van der Waals surface area (Å²) in [6.45, 7) is 11.0. The molecule has 0 N–H and O–H groups in total. The molecule has 1 rings (SSSR count). The molecule has 0 aromatic rings. The highest BCUT2D eigenvalue weighted by molar-refractivity contribution is 6.74. The third-order valence-corrected chi connectivity index (χ3v) is 8.62. The van der Waals surface area contributed by atoms with Crippen molar-refractivity contribution >= 4 is 27.8 Å². The lowest BCUT2D eigenvalue weighted by Crippen LogP contribution is -2.44. The van der Waals surface area contributed by atoms with Crippen LogP contribution in [0.25, 0.3) is 0 Å². The summed E-state index contributed by atoms with van der Waals surface area (Å²) in [4.78, 5) is 0. The lowest BCUT2D eigenvalue weighted by Gasteiger charge is -2.37. The Bertz CT molecular complexity index is 301. The summed E-state index contributed by atoms with van der Waals surface area (Å²) in [7, 11) is 3.65. The molecule has 110 valence electrons. The fourth-order valence-corrected chi connectivity index (χ4v) is 2.82. The Hall–Kier alpha value is 0.382. The van der Waals surface area contributed by atoms with Crippen LogP contribution < -0.4 is 0 Å².